The molecule has 0 saturated heterocycles. The molecule has 10 heteroatoms. The van der Waals surface area contributed by atoms with Crippen molar-refractivity contribution >= 4 is 46.0 Å². The lowest BCUT2D eigenvalue weighted by molar-refractivity contribution is -0.384. The SMILES string of the molecule is COc1ccc(-n2nc3cc(C)c(NC(=O)/C=C/c4ccc(Cl)c([N+](=O)[O-])c4)cc3n2)cc1. The lowest BCUT2D eigenvalue weighted by atomic mass is 10.1. The van der Waals surface area contributed by atoms with Crippen LogP contribution >= 0.6 is 11.6 Å². The first-order valence-corrected chi connectivity index (χ1v) is 10.2. The number of hydrogen-bond acceptors (Lipinski definition) is 6. The first-order valence-electron chi connectivity index (χ1n) is 9.79. The van der Waals surface area contributed by atoms with Gasteiger partial charge in [0, 0.05) is 17.8 Å². The van der Waals surface area contributed by atoms with Crippen LogP contribution in [0.2, 0.25) is 5.02 Å². The number of carbonyl (C=O) groups is 1. The van der Waals surface area contributed by atoms with Gasteiger partial charge in [-0.3, -0.25) is 14.9 Å². The average Bonchev–Trinajstić information content (AvgIpc) is 3.21. The highest BCUT2D eigenvalue weighted by Gasteiger charge is 2.13. The predicted molar refractivity (Wildman–Crippen MR) is 126 cm³/mol. The number of nitro groups is 1. The lowest BCUT2D eigenvalue weighted by Crippen LogP contribution is -2.09. The summed E-state index contributed by atoms with van der Waals surface area (Å²) in [6.07, 6.45) is 2.78. The molecular weight excluding hydrogens is 446 g/mol. The van der Waals surface area contributed by atoms with Gasteiger partial charge in [-0.1, -0.05) is 17.7 Å². The van der Waals surface area contributed by atoms with Crippen molar-refractivity contribution in [1.82, 2.24) is 15.0 Å². The standard InChI is InChI=1S/C23H18ClN5O4/c1-14-11-20-21(27-28(26-20)16-5-7-17(33-2)8-6-16)13-19(14)25-23(30)10-4-15-3-9-18(24)22(12-15)29(31)32/h3-13H,1-2H3,(H,25,30)/b10-4+. The van der Waals surface area contributed by atoms with Crippen molar-refractivity contribution in [3.05, 3.63) is 86.9 Å². The Labute approximate surface area is 193 Å². The minimum absolute atomic E-state index is 0.0354. The number of halogens is 1. The van der Waals surface area contributed by atoms with E-state index in [2.05, 4.69) is 15.5 Å². The van der Waals surface area contributed by atoms with Crippen molar-refractivity contribution in [2.24, 2.45) is 0 Å². The lowest BCUT2D eigenvalue weighted by Gasteiger charge is -2.05. The summed E-state index contributed by atoms with van der Waals surface area (Å²) in [6.45, 7) is 1.85. The molecule has 1 amide bonds. The Balaban J connectivity index is 1.54. The van der Waals surface area contributed by atoms with E-state index in [0.29, 0.717) is 22.3 Å². The second-order valence-electron chi connectivity index (χ2n) is 7.13. The molecule has 3 aromatic carbocycles. The second kappa shape index (κ2) is 9.09. The van der Waals surface area contributed by atoms with Crippen molar-refractivity contribution in [2.75, 3.05) is 12.4 Å². The van der Waals surface area contributed by atoms with Gasteiger partial charge >= 0.3 is 0 Å². The molecule has 0 aliphatic rings. The monoisotopic (exact) mass is 463 g/mol. The fraction of sp³-hybridized carbons (Fsp3) is 0.0870. The molecule has 0 aliphatic heterocycles. The average molecular weight is 464 g/mol. The summed E-state index contributed by atoms with van der Waals surface area (Å²) < 4.78 is 5.17. The maximum Gasteiger partial charge on any atom is 0.288 e. The third-order valence-corrected chi connectivity index (χ3v) is 5.20. The molecule has 166 valence electrons. The van der Waals surface area contributed by atoms with E-state index < -0.39 is 10.8 Å². The summed E-state index contributed by atoms with van der Waals surface area (Å²) in [7, 11) is 1.60. The third-order valence-electron chi connectivity index (χ3n) is 4.88. The van der Waals surface area contributed by atoms with Gasteiger partial charge in [0.2, 0.25) is 5.91 Å². The summed E-state index contributed by atoms with van der Waals surface area (Å²) >= 11 is 5.82. The zero-order valence-corrected chi connectivity index (χ0v) is 18.4. The molecule has 0 bridgehead atoms. The Morgan fingerprint density at radius 3 is 2.48 bits per heavy atom. The number of rotatable bonds is 6. The zero-order chi connectivity index (χ0) is 23.5. The molecule has 0 unspecified atom stereocenters. The molecule has 9 nitrogen and oxygen atoms in total. The maximum absolute atomic E-state index is 12.4. The van der Waals surface area contributed by atoms with Gasteiger partial charge in [-0.25, -0.2) is 0 Å². The first-order chi connectivity index (χ1) is 15.8. The fourth-order valence-corrected chi connectivity index (χ4v) is 3.34. The Hall–Kier alpha value is -4.24. The topological polar surface area (TPSA) is 112 Å². The normalized spacial score (nSPS) is 11.1. The van der Waals surface area contributed by atoms with Gasteiger partial charge in [-0.15, -0.1) is 10.2 Å². The quantitative estimate of drug-likeness (QED) is 0.246. The first kappa shape index (κ1) is 22.0. The number of amides is 1. The van der Waals surface area contributed by atoms with Gasteiger partial charge in [-0.05, 0) is 66.6 Å². The van der Waals surface area contributed by atoms with Crippen molar-refractivity contribution in [3.8, 4) is 11.4 Å². The van der Waals surface area contributed by atoms with E-state index in [1.54, 1.807) is 19.2 Å². The highest BCUT2D eigenvalue weighted by molar-refractivity contribution is 6.32. The Bertz CT molecular complexity index is 1400. The number of nitrogens with zero attached hydrogens (tertiary/aromatic N) is 4. The number of aromatic nitrogens is 3. The van der Waals surface area contributed by atoms with Crippen molar-refractivity contribution in [3.63, 3.8) is 0 Å². The van der Waals surface area contributed by atoms with Crippen molar-refractivity contribution in [2.45, 2.75) is 6.92 Å². The molecule has 0 aliphatic carbocycles. The van der Waals surface area contributed by atoms with Crippen LogP contribution in [0.25, 0.3) is 22.8 Å². The van der Waals surface area contributed by atoms with E-state index in [1.165, 1.54) is 29.1 Å². The number of carbonyl (C=O) groups excluding carboxylic acids is 1. The molecule has 0 saturated carbocycles. The number of fused-ring (bicyclic) bond motifs is 1. The van der Waals surface area contributed by atoms with Gasteiger partial charge in [0.05, 0.1) is 17.7 Å². The Morgan fingerprint density at radius 2 is 1.82 bits per heavy atom. The number of benzene rings is 3. The number of nitrogens with one attached hydrogen (secondary N) is 1. The van der Waals surface area contributed by atoms with Crippen LogP contribution in [-0.2, 0) is 4.79 Å². The van der Waals surface area contributed by atoms with E-state index in [-0.39, 0.29) is 10.7 Å². The fourth-order valence-electron chi connectivity index (χ4n) is 3.15. The van der Waals surface area contributed by atoms with Crippen LogP contribution in [-0.4, -0.2) is 32.9 Å². The summed E-state index contributed by atoms with van der Waals surface area (Å²) in [5.41, 5.74) is 3.73. The minimum atomic E-state index is -0.572. The van der Waals surface area contributed by atoms with Crippen LogP contribution in [0.3, 0.4) is 0 Å². The summed E-state index contributed by atoms with van der Waals surface area (Å²) in [5.74, 6) is 0.343. The van der Waals surface area contributed by atoms with Gasteiger partial charge in [0.1, 0.15) is 21.8 Å². The van der Waals surface area contributed by atoms with Crippen LogP contribution in [0.5, 0.6) is 5.75 Å². The molecular formula is C23H18ClN5O4. The van der Waals surface area contributed by atoms with Gasteiger partial charge in [0.25, 0.3) is 5.69 Å². The van der Waals surface area contributed by atoms with Gasteiger partial charge in [-0.2, -0.15) is 4.80 Å². The number of hydrogen-bond donors (Lipinski definition) is 1. The highest BCUT2D eigenvalue weighted by atomic mass is 35.5. The number of methoxy groups -OCH3 is 1. The second-order valence-corrected chi connectivity index (χ2v) is 7.54. The summed E-state index contributed by atoms with van der Waals surface area (Å²) in [5, 5.41) is 22.9. The number of ether oxygens (including phenoxy) is 1. The van der Waals surface area contributed by atoms with E-state index >= 15 is 0 Å². The smallest absolute Gasteiger partial charge is 0.288 e. The van der Waals surface area contributed by atoms with Crippen molar-refractivity contribution in [1.29, 1.82) is 0 Å². The molecule has 0 atom stereocenters. The molecule has 1 heterocycles. The van der Waals surface area contributed by atoms with Crippen LogP contribution in [0.1, 0.15) is 11.1 Å². The van der Waals surface area contributed by atoms with Crippen LogP contribution in [0.15, 0.2) is 60.7 Å². The van der Waals surface area contributed by atoms with E-state index in [9.17, 15) is 14.9 Å². The summed E-state index contributed by atoms with van der Waals surface area (Å²) in [4.78, 5) is 24.4. The van der Waals surface area contributed by atoms with E-state index in [0.717, 1.165) is 17.0 Å². The molecule has 0 fully saturated rings. The Kier molecular flexibility index (Phi) is 6.05. The van der Waals surface area contributed by atoms with E-state index in [4.69, 9.17) is 16.3 Å². The Morgan fingerprint density at radius 1 is 1.12 bits per heavy atom. The minimum Gasteiger partial charge on any atom is -0.497 e. The van der Waals surface area contributed by atoms with Crippen LogP contribution < -0.4 is 10.1 Å². The van der Waals surface area contributed by atoms with Crippen LogP contribution in [0.4, 0.5) is 11.4 Å². The van der Waals surface area contributed by atoms with E-state index in [1.807, 2.05) is 37.3 Å². The molecule has 4 rings (SSSR count). The predicted octanol–water partition coefficient (Wildman–Crippen LogP) is 4.95. The third kappa shape index (κ3) is 4.83. The van der Waals surface area contributed by atoms with Gasteiger partial charge in [0.15, 0.2) is 0 Å². The highest BCUT2D eigenvalue weighted by Crippen LogP contribution is 2.26. The molecule has 33 heavy (non-hydrogen) atoms. The zero-order valence-electron chi connectivity index (χ0n) is 17.7. The molecule has 4 aromatic rings. The largest absolute Gasteiger partial charge is 0.497 e. The number of anilines is 1. The van der Waals surface area contributed by atoms with Crippen LogP contribution in [0, 0.1) is 17.0 Å². The maximum atomic E-state index is 12.4. The molecule has 1 aromatic heterocycles. The van der Waals surface area contributed by atoms with Gasteiger partial charge < -0.3 is 10.1 Å². The number of aryl methyl sites for hydroxylation is 1. The molecule has 0 radical (unpaired) electrons. The van der Waals surface area contributed by atoms with Crippen molar-refractivity contribution < 1.29 is 14.5 Å². The summed E-state index contributed by atoms with van der Waals surface area (Å²) in [6, 6.07) is 15.2. The number of nitro benzene ring substituents is 1. The molecule has 1 N–H and O–H groups in total. The molecule has 0 spiro atoms.